The summed E-state index contributed by atoms with van der Waals surface area (Å²) in [5.41, 5.74) is 5.21. The molecule has 2 bridgehead atoms. The van der Waals surface area contributed by atoms with Gasteiger partial charge in [0.2, 0.25) is 0 Å². The first kappa shape index (κ1) is 30.4. The molecule has 45 heavy (non-hydrogen) atoms. The van der Waals surface area contributed by atoms with Crippen molar-refractivity contribution in [1.29, 1.82) is 0 Å². The van der Waals surface area contributed by atoms with Crippen molar-refractivity contribution in [3.8, 4) is 0 Å². The largest absolute Gasteiger partial charge is 0.369 e. The second-order valence-electron chi connectivity index (χ2n) is 11.8. The van der Waals surface area contributed by atoms with Crippen LogP contribution in [0.4, 0.5) is 30.2 Å². The number of amides is 1. The quantitative estimate of drug-likeness (QED) is 0.219. The lowest BCUT2D eigenvalue weighted by Gasteiger charge is -2.44. The molecule has 7 nitrogen and oxygen atoms in total. The van der Waals surface area contributed by atoms with Gasteiger partial charge in [0.25, 0.3) is 11.5 Å². The minimum Gasteiger partial charge on any atom is -0.369 e. The number of pyridine rings is 1. The molecule has 1 amide bonds. The molecule has 11 heteroatoms. The van der Waals surface area contributed by atoms with Gasteiger partial charge >= 0.3 is 0 Å². The number of benzene rings is 3. The van der Waals surface area contributed by atoms with Gasteiger partial charge in [-0.05, 0) is 85.9 Å². The van der Waals surface area contributed by atoms with Gasteiger partial charge in [-0.15, -0.1) is 0 Å². The Balaban J connectivity index is 1.28. The summed E-state index contributed by atoms with van der Waals surface area (Å²) < 4.78 is 43.6. The molecule has 0 saturated carbocycles. The highest BCUT2D eigenvalue weighted by molar-refractivity contribution is 7.80. The summed E-state index contributed by atoms with van der Waals surface area (Å²) in [7, 11) is 0. The lowest BCUT2D eigenvalue weighted by atomic mass is 9.83. The smallest absolute Gasteiger partial charge is 0.251 e. The van der Waals surface area contributed by atoms with Crippen molar-refractivity contribution in [3.05, 3.63) is 122 Å². The highest BCUT2D eigenvalue weighted by Crippen LogP contribution is 2.39. The molecule has 1 saturated heterocycles. The first-order chi connectivity index (χ1) is 21.5. The van der Waals surface area contributed by atoms with E-state index < -0.39 is 35.5 Å². The summed E-state index contributed by atoms with van der Waals surface area (Å²) in [4.78, 5) is 28.0. The average molecular weight is 632 g/mol. The lowest BCUT2D eigenvalue weighted by Crippen LogP contribution is -2.47. The van der Waals surface area contributed by atoms with E-state index in [9.17, 15) is 22.8 Å². The van der Waals surface area contributed by atoms with E-state index in [1.54, 1.807) is 24.3 Å². The molecule has 232 valence electrons. The molecule has 3 aromatic carbocycles. The van der Waals surface area contributed by atoms with Crippen LogP contribution in [0.5, 0.6) is 0 Å². The van der Waals surface area contributed by atoms with Gasteiger partial charge in [0.1, 0.15) is 17.5 Å². The topological polar surface area (TPSA) is 78.4 Å². The van der Waals surface area contributed by atoms with Crippen LogP contribution < -0.4 is 26.4 Å². The molecule has 1 aromatic heterocycles. The van der Waals surface area contributed by atoms with E-state index >= 15 is 0 Å². The number of anilines is 3. The van der Waals surface area contributed by atoms with Gasteiger partial charge < -0.3 is 25.4 Å². The van der Waals surface area contributed by atoms with Crippen LogP contribution in [0.2, 0.25) is 0 Å². The van der Waals surface area contributed by atoms with Crippen LogP contribution >= 0.6 is 12.2 Å². The van der Waals surface area contributed by atoms with Gasteiger partial charge in [-0.2, -0.15) is 0 Å². The monoisotopic (exact) mass is 631 g/mol. The van der Waals surface area contributed by atoms with Crippen LogP contribution in [-0.2, 0) is 13.1 Å². The Morgan fingerprint density at radius 2 is 1.64 bits per heavy atom. The summed E-state index contributed by atoms with van der Waals surface area (Å²) in [6.45, 7) is 5.55. The SMILES string of the molecule is Cc1cc(C)cc(NC(=S)Nc2cc(C(=O)NCc3c(F)cc(F)cc3F)ccc2N2CC3CC(C2)c2cccc(=O)n2C3)c1. The van der Waals surface area contributed by atoms with Gasteiger partial charge in [-0.3, -0.25) is 9.59 Å². The van der Waals surface area contributed by atoms with Crippen LogP contribution in [0, 0.1) is 37.2 Å². The fraction of sp³-hybridized carbons (Fsp3) is 0.265. The Kier molecular flexibility index (Phi) is 8.37. The van der Waals surface area contributed by atoms with Crippen LogP contribution in [0.3, 0.4) is 0 Å². The molecule has 2 aliphatic rings. The predicted molar refractivity (Wildman–Crippen MR) is 173 cm³/mol. The Bertz CT molecular complexity index is 1830. The van der Waals surface area contributed by atoms with E-state index in [4.69, 9.17) is 12.2 Å². The lowest BCUT2D eigenvalue weighted by molar-refractivity contribution is 0.0950. The van der Waals surface area contributed by atoms with Crippen molar-refractivity contribution in [3.63, 3.8) is 0 Å². The average Bonchev–Trinajstić information content (AvgIpc) is 2.96. The van der Waals surface area contributed by atoms with E-state index in [1.165, 1.54) is 0 Å². The third-order valence-electron chi connectivity index (χ3n) is 8.34. The van der Waals surface area contributed by atoms with Gasteiger partial charge in [0, 0.05) is 72.8 Å². The summed E-state index contributed by atoms with van der Waals surface area (Å²) in [5, 5.41) is 9.34. The molecule has 4 aromatic rings. The van der Waals surface area contributed by atoms with E-state index in [0.717, 1.165) is 34.6 Å². The molecule has 3 heterocycles. The van der Waals surface area contributed by atoms with Gasteiger partial charge in [-0.1, -0.05) is 12.1 Å². The predicted octanol–water partition coefficient (Wildman–Crippen LogP) is 6.25. The standard InChI is InChI=1S/C34H32F3N5O2S/c1-19-8-20(2)10-25(9-19)39-34(45)40-29-12-22(33(44)38-15-26-27(36)13-24(35)14-28(26)37)6-7-31(29)41-16-21-11-23(18-41)30-4-3-5-32(43)42(30)17-21/h3-10,12-14,21,23H,11,15-18H2,1-2H3,(H,38,44)(H2,39,40,45). The van der Waals surface area contributed by atoms with E-state index in [2.05, 4.69) is 26.9 Å². The number of nitrogens with zero attached hydrogens (tertiary/aromatic N) is 2. The maximum Gasteiger partial charge on any atom is 0.251 e. The maximum atomic E-state index is 14.2. The van der Waals surface area contributed by atoms with Crippen LogP contribution in [0.15, 0.2) is 71.5 Å². The van der Waals surface area contributed by atoms with Gasteiger partial charge in [0.05, 0.1) is 11.4 Å². The number of aromatic nitrogens is 1. The summed E-state index contributed by atoms with van der Waals surface area (Å²) in [6.07, 6.45) is 0.979. The highest BCUT2D eigenvalue weighted by Gasteiger charge is 2.35. The number of fused-ring (bicyclic) bond motifs is 4. The highest BCUT2D eigenvalue weighted by atomic mass is 32.1. The van der Waals surface area contributed by atoms with Crippen molar-refractivity contribution in [2.75, 3.05) is 28.6 Å². The molecule has 0 spiro atoms. The number of aryl methyl sites for hydroxylation is 2. The van der Waals surface area contributed by atoms with Crippen LogP contribution in [-0.4, -0.2) is 28.7 Å². The fourth-order valence-corrected chi connectivity index (χ4v) is 6.72. The van der Waals surface area contributed by atoms with Crippen molar-refractivity contribution in [2.45, 2.75) is 39.3 Å². The molecule has 0 radical (unpaired) electrons. The number of rotatable bonds is 6. The Hall–Kier alpha value is -4.64. The zero-order chi connectivity index (χ0) is 31.8. The summed E-state index contributed by atoms with van der Waals surface area (Å²) in [6, 6.07) is 17.7. The minimum atomic E-state index is -1.08. The van der Waals surface area contributed by atoms with Gasteiger partial charge in [-0.25, -0.2) is 13.2 Å². The molecular formula is C34H32F3N5O2S. The van der Waals surface area contributed by atoms with Crippen molar-refractivity contribution in [1.82, 2.24) is 9.88 Å². The number of hydrogen-bond acceptors (Lipinski definition) is 4. The van der Waals surface area contributed by atoms with Crippen LogP contribution in [0.25, 0.3) is 0 Å². The first-order valence-electron chi connectivity index (χ1n) is 14.7. The number of piperidine rings is 1. The second kappa shape index (κ2) is 12.4. The zero-order valence-electron chi connectivity index (χ0n) is 24.8. The molecule has 2 aliphatic heterocycles. The Morgan fingerprint density at radius 3 is 2.38 bits per heavy atom. The van der Waals surface area contributed by atoms with Crippen molar-refractivity contribution < 1.29 is 18.0 Å². The molecular weight excluding hydrogens is 599 g/mol. The Morgan fingerprint density at radius 1 is 0.911 bits per heavy atom. The fourth-order valence-electron chi connectivity index (χ4n) is 6.49. The van der Waals surface area contributed by atoms with E-state index in [0.29, 0.717) is 42.6 Å². The number of nitrogens with one attached hydrogen (secondary N) is 3. The number of halogens is 3. The number of thiocarbonyl (C=S) groups is 1. The van der Waals surface area contributed by atoms with Gasteiger partial charge in [0.15, 0.2) is 5.11 Å². The molecule has 6 rings (SSSR count). The summed E-state index contributed by atoms with van der Waals surface area (Å²) in [5.74, 6) is -3.34. The third-order valence-corrected chi connectivity index (χ3v) is 8.54. The number of hydrogen-bond donors (Lipinski definition) is 3. The first-order valence-corrected chi connectivity index (χ1v) is 15.1. The van der Waals surface area contributed by atoms with E-state index in [-0.39, 0.29) is 23.0 Å². The molecule has 0 aliphatic carbocycles. The molecule has 2 unspecified atom stereocenters. The Labute approximate surface area is 264 Å². The zero-order valence-corrected chi connectivity index (χ0v) is 25.6. The third kappa shape index (κ3) is 6.58. The normalized spacial score (nSPS) is 17.0. The molecule has 1 fully saturated rings. The molecule has 3 N–H and O–H groups in total. The minimum absolute atomic E-state index is 0.0107. The number of carbonyl (C=O) groups is 1. The van der Waals surface area contributed by atoms with Crippen molar-refractivity contribution in [2.24, 2.45) is 5.92 Å². The number of carbonyl (C=O) groups excluding carboxylic acids is 1. The van der Waals surface area contributed by atoms with Crippen LogP contribution in [0.1, 0.15) is 45.1 Å². The molecule has 2 atom stereocenters. The maximum absolute atomic E-state index is 14.2. The van der Waals surface area contributed by atoms with Crippen molar-refractivity contribution >= 4 is 40.3 Å². The second-order valence-corrected chi connectivity index (χ2v) is 12.2. The van der Waals surface area contributed by atoms with E-state index in [1.807, 2.05) is 42.7 Å². The summed E-state index contributed by atoms with van der Waals surface area (Å²) >= 11 is 5.68.